The molecule has 122 valence electrons. The average Bonchev–Trinajstić information content (AvgIpc) is 2.95. The third-order valence-electron chi connectivity index (χ3n) is 4.30. The number of nitrogens with zero attached hydrogens (tertiary/aromatic N) is 2. The molecular weight excluding hydrogens is 292 g/mol. The standard InChI is InChI=1S/C18H22N2O3/c1-4-12(2)15-7-5-6-8-16(15)20-11-14(9-17(20)21)18(22)23-13(3)10-19/h5-8,12-14H,4,9,11H2,1-3H3/t12-,13+,14+/m1/s1. The van der Waals surface area contributed by atoms with Crippen molar-refractivity contribution in [2.75, 3.05) is 11.4 Å². The molecule has 0 radical (unpaired) electrons. The van der Waals surface area contributed by atoms with E-state index in [9.17, 15) is 9.59 Å². The fourth-order valence-corrected chi connectivity index (χ4v) is 2.77. The number of carbonyl (C=O) groups excluding carboxylic acids is 2. The molecule has 0 bridgehead atoms. The quantitative estimate of drug-likeness (QED) is 0.783. The van der Waals surface area contributed by atoms with Gasteiger partial charge in [-0.1, -0.05) is 32.0 Å². The number of benzene rings is 1. The zero-order valence-electron chi connectivity index (χ0n) is 13.8. The first-order valence-electron chi connectivity index (χ1n) is 7.97. The largest absolute Gasteiger partial charge is 0.447 e. The van der Waals surface area contributed by atoms with Gasteiger partial charge in [0.2, 0.25) is 5.91 Å². The highest BCUT2D eigenvalue weighted by Gasteiger charge is 2.37. The van der Waals surface area contributed by atoms with E-state index in [2.05, 4.69) is 13.8 Å². The van der Waals surface area contributed by atoms with Gasteiger partial charge >= 0.3 is 5.97 Å². The maximum atomic E-state index is 12.4. The van der Waals surface area contributed by atoms with Crippen LogP contribution in [-0.4, -0.2) is 24.5 Å². The SMILES string of the molecule is CC[C@@H](C)c1ccccc1N1C[C@@H](C(=O)O[C@@H](C)C#N)CC1=O. The van der Waals surface area contributed by atoms with Crippen molar-refractivity contribution >= 4 is 17.6 Å². The first-order valence-corrected chi connectivity index (χ1v) is 7.97. The number of rotatable bonds is 5. The van der Waals surface area contributed by atoms with Gasteiger partial charge in [0.25, 0.3) is 0 Å². The molecule has 0 spiro atoms. The van der Waals surface area contributed by atoms with Crippen molar-refractivity contribution in [1.82, 2.24) is 0 Å². The summed E-state index contributed by atoms with van der Waals surface area (Å²) in [5, 5.41) is 8.73. The molecule has 0 saturated carbocycles. The maximum Gasteiger partial charge on any atom is 0.312 e. The number of ether oxygens (including phenoxy) is 1. The van der Waals surface area contributed by atoms with Crippen LogP contribution >= 0.6 is 0 Å². The van der Waals surface area contributed by atoms with Gasteiger partial charge in [-0.15, -0.1) is 0 Å². The van der Waals surface area contributed by atoms with Crippen LogP contribution < -0.4 is 4.90 Å². The van der Waals surface area contributed by atoms with Crippen LogP contribution in [-0.2, 0) is 14.3 Å². The summed E-state index contributed by atoms with van der Waals surface area (Å²) in [6.45, 7) is 6.06. The second-order valence-corrected chi connectivity index (χ2v) is 5.98. The minimum Gasteiger partial charge on any atom is -0.447 e. The Morgan fingerprint density at radius 2 is 2.13 bits per heavy atom. The Balaban J connectivity index is 2.19. The monoisotopic (exact) mass is 314 g/mol. The molecule has 5 heteroatoms. The lowest BCUT2D eigenvalue weighted by Gasteiger charge is -2.23. The minimum atomic E-state index is -0.793. The number of carbonyl (C=O) groups is 2. The minimum absolute atomic E-state index is 0.0766. The molecule has 1 aromatic rings. The Labute approximate surface area is 136 Å². The molecule has 0 aliphatic carbocycles. The summed E-state index contributed by atoms with van der Waals surface area (Å²) in [4.78, 5) is 26.1. The predicted octanol–water partition coefficient (Wildman–Crippen LogP) is 3.01. The number of anilines is 1. The maximum absolute atomic E-state index is 12.4. The summed E-state index contributed by atoms with van der Waals surface area (Å²) in [7, 11) is 0. The van der Waals surface area contributed by atoms with Crippen LogP contribution in [0.5, 0.6) is 0 Å². The summed E-state index contributed by atoms with van der Waals surface area (Å²) in [6.07, 6.45) is 0.315. The first kappa shape index (κ1) is 17.0. The van der Waals surface area contributed by atoms with Gasteiger partial charge in [0.05, 0.1) is 5.92 Å². The van der Waals surface area contributed by atoms with Gasteiger partial charge in [-0.25, -0.2) is 0 Å². The smallest absolute Gasteiger partial charge is 0.312 e. The fourth-order valence-electron chi connectivity index (χ4n) is 2.77. The van der Waals surface area contributed by atoms with Crippen LogP contribution in [0.2, 0.25) is 0 Å². The third-order valence-corrected chi connectivity index (χ3v) is 4.30. The van der Waals surface area contributed by atoms with Crippen molar-refractivity contribution in [2.24, 2.45) is 5.92 Å². The summed E-state index contributed by atoms with van der Waals surface area (Å²) < 4.78 is 5.04. The van der Waals surface area contributed by atoms with Gasteiger partial charge in [-0.2, -0.15) is 5.26 Å². The Kier molecular flexibility index (Phi) is 5.38. The van der Waals surface area contributed by atoms with Gasteiger partial charge in [0, 0.05) is 18.7 Å². The second kappa shape index (κ2) is 7.28. The molecular formula is C18H22N2O3. The van der Waals surface area contributed by atoms with E-state index in [4.69, 9.17) is 10.00 Å². The zero-order valence-corrected chi connectivity index (χ0v) is 13.8. The van der Waals surface area contributed by atoms with Crippen LogP contribution in [0.3, 0.4) is 0 Å². The molecule has 1 aromatic carbocycles. The molecule has 1 heterocycles. The van der Waals surface area contributed by atoms with E-state index >= 15 is 0 Å². The predicted molar refractivity (Wildman–Crippen MR) is 86.8 cm³/mol. The molecule has 1 aliphatic rings. The number of nitriles is 1. The van der Waals surface area contributed by atoms with E-state index in [0.29, 0.717) is 12.5 Å². The normalized spacial score (nSPS) is 20.0. The first-order chi connectivity index (χ1) is 11.0. The Bertz CT molecular complexity index is 635. The zero-order chi connectivity index (χ0) is 17.0. The third kappa shape index (κ3) is 3.70. The molecule has 0 unspecified atom stereocenters. The molecule has 2 rings (SSSR count). The second-order valence-electron chi connectivity index (χ2n) is 5.98. The lowest BCUT2D eigenvalue weighted by atomic mass is 9.96. The summed E-state index contributed by atoms with van der Waals surface area (Å²) in [5.74, 6) is -0.727. The van der Waals surface area contributed by atoms with E-state index in [1.165, 1.54) is 6.92 Å². The Hall–Kier alpha value is -2.35. The molecule has 1 amide bonds. The van der Waals surface area contributed by atoms with E-state index < -0.39 is 18.0 Å². The van der Waals surface area contributed by atoms with E-state index in [-0.39, 0.29) is 12.3 Å². The summed E-state index contributed by atoms with van der Waals surface area (Å²) in [5.41, 5.74) is 1.98. The lowest BCUT2D eigenvalue weighted by Crippen LogP contribution is -2.28. The number of amides is 1. The van der Waals surface area contributed by atoms with Gasteiger partial charge in [-0.3, -0.25) is 9.59 Å². The molecule has 1 saturated heterocycles. The van der Waals surface area contributed by atoms with E-state index in [1.807, 2.05) is 30.3 Å². The van der Waals surface area contributed by atoms with Crippen molar-refractivity contribution < 1.29 is 14.3 Å². The van der Waals surface area contributed by atoms with Crippen molar-refractivity contribution in [1.29, 1.82) is 5.26 Å². The van der Waals surface area contributed by atoms with Crippen molar-refractivity contribution in [3.05, 3.63) is 29.8 Å². The number of para-hydroxylation sites is 1. The molecule has 0 aromatic heterocycles. The molecule has 3 atom stereocenters. The number of hydrogen-bond donors (Lipinski definition) is 0. The van der Waals surface area contributed by atoms with Crippen LogP contribution in [0, 0.1) is 17.2 Å². The van der Waals surface area contributed by atoms with Crippen LogP contribution in [0.1, 0.15) is 45.1 Å². The van der Waals surface area contributed by atoms with E-state index in [1.54, 1.807) is 4.90 Å². The molecule has 0 N–H and O–H groups in total. The molecule has 1 aliphatic heterocycles. The van der Waals surface area contributed by atoms with Gasteiger partial charge in [0.1, 0.15) is 6.07 Å². The fraction of sp³-hybridized carbons (Fsp3) is 0.500. The highest BCUT2D eigenvalue weighted by atomic mass is 16.5. The highest BCUT2D eigenvalue weighted by Crippen LogP contribution is 2.33. The average molecular weight is 314 g/mol. The lowest BCUT2D eigenvalue weighted by molar-refractivity contribution is -0.150. The Morgan fingerprint density at radius 3 is 2.78 bits per heavy atom. The van der Waals surface area contributed by atoms with Gasteiger partial charge in [-0.05, 0) is 30.9 Å². The summed E-state index contributed by atoms with van der Waals surface area (Å²) in [6, 6.07) is 9.68. The van der Waals surface area contributed by atoms with E-state index in [0.717, 1.165) is 17.7 Å². The number of hydrogen-bond acceptors (Lipinski definition) is 4. The number of esters is 1. The van der Waals surface area contributed by atoms with Crippen molar-refractivity contribution in [2.45, 2.75) is 45.6 Å². The van der Waals surface area contributed by atoms with Gasteiger partial charge in [0.15, 0.2) is 6.10 Å². The summed E-state index contributed by atoms with van der Waals surface area (Å²) >= 11 is 0. The molecule has 1 fully saturated rings. The highest BCUT2D eigenvalue weighted by molar-refractivity contribution is 6.00. The Morgan fingerprint density at radius 1 is 1.43 bits per heavy atom. The topological polar surface area (TPSA) is 70.4 Å². The van der Waals surface area contributed by atoms with Crippen LogP contribution in [0.25, 0.3) is 0 Å². The van der Waals surface area contributed by atoms with Crippen LogP contribution in [0.4, 0.5) is 5.69 Å². The van der Waals surface area contributed by atoms with Gasteiger partial charge < -0.3 is 9.64 Å². The van der Waals surface area contributed by atoms with Crippen molar-refractivity contribution in [3.8, 4) is 6.07 Å². The van der Waals surface area contributed by atoms with Crippen LogP contribution in [0.15, 0.2) is 24.3 Å². The van der Waals surface area contributed by atoms with Crippen molar-refractivity contribution in [3.63, 3.8) is 0 Å². The molecule has 5 nitrogen and oxygen atoms in total. The molecule has 23 heavy (non-hydrogen) atoms.